The zero-order valence-corrected chi connectivity index (χ0v) is 22.0. The number of hydrogen-bond donors (Lipinski definition) is 2. The number of amides is 1. The molecule has 0 saturated carbocycles. The fourth-order valence-electron chi connectivity index (χ4n) is 3.09. The Morgan fingerprint density at radius 1 is 0.882 bits per heavy atom. The first kappa shape index (κ1) is 26.0. The number of carbonyl (C=O) groups excluding carboxylic acids is 1. The molecule has 1 atom stereocenters. The molecule has 0 aliphatic carbocycles. The van der Waals surface area contributed by atoms with Crippen LogP contribution in [-0.2, 0) is 24.8 Å². The number of anilines is 3. The number of rotatable bonds is 8. The predicted octanol–water partition coefficient (Wildman–Crippen LogP) is 4.70. The Hall–Kier alpha value is -2.60. The van der Waals surface area contributed by atoms with Crippen LogP contribution < -0.4 is 14.3 Å². The molecule has 8 nitrogen and oxygen atoms in total. The van der Waals surface area contributed by atoms with Crippen LogP contribution in [0.2, 0.25) is 5.02 Å². The van der Waals surface area contributed by atoms with Gasteiger partial charge in [-0.05, 0) is 79.7 Å². The minimum atomic E-state index is -3.84. The Labute approximate surface area is 212 Å². The number of sulfonamides is 2. The lowest BCUT2D eigenvalue weighted by Gasteiger charge is -2.28. The first-order chi connectivity index (χ1) is 15.9. The highest BCUT2D eigenvalue weighted by Gasteiger charge is 2.29. The molecule has 0 spiro atoms. The van der Waals surface area contributed by atoms with E-state index in [4.69, 9.17) is 11.6 Å². The lowest BCUT2D eigenvalue weighted by Crippen LogP contribution is -2.45. The van der Waals surface area contributed by atoms with Crippen molar-refractivity contribution in [2.75, 3.05) is 20.6 Å². The Balaban J connectivity index is 1.75. The average molecular weight is 587 g/mol. The van der Waals surface area contributed by atoms with Crippen LogP contribution in [-0.4, -0.2) is 35.0 Å². The fourth-order valence-corrected chi connectivity index (χ4v) is 5.72. The molecule has 0 unspecified atom stereocenters. The molecular formula is C22H21BrClN3O5S2. The van der Waals surface area contributed by atoms with Gasteiger partial charge >= 0.3 is 0 Å². The minimum Gasteiger partial charge on any atom is -0.324 e. The van der Waals surface area contributed by atoms with Gasteiger partial charge < -0.3 is 5.32 Å². The molecule has 3 aromatic rings. The Bertz CT molecular complexity index is 1380. The summed E-state index contributed by atoms with van der Waals surface area (Å²) in [7, 11) is -7.62. The average Bonchev–Trinajstić information content (AvgIpc) is 2.76. The number of hydrogen-bond acceptors (Lipinski definition) is 5. The summed E-state index contributed by atoms with van der Waals surface area (Å²) in [5, 5.41) is 3.05. The van der Waals surface area contributed by atoms with Crippen LogP contribution in [0.25, 0.3) is 0 Å². The minimum absolute atomic E-state index is 0.000364. The van der Waals surface area contributed by atoms with E-state index in [1.54, 1.807) is 24.3 Å². The highest BCUT2D eigenvalue weighted by atomic mass is 79.9. The second kappa shape index (κ2) is 10.3. The topological polar surface area (TPSA) is 113 Å². The fraction of sp³-hybridized carbons (Fsp3) is 0.136. The van der Waals surface area contributed by atoms with E-state index in [0.717, 1.165) is 15.0 Å². The normalized spacial score (nSPS) is 12.6. The second-order valence-corrected chi connectivity index (χ2v) is 12.2. The van der Waals surface area contributed by atoms with Crippen LogP contribution in [0.1, 0.15) is 6.92 Å². The van der Waals surface area contributed by atoms with Crippen molar-refractivity contribution in [2.24, 2.45) is 0 Å². The molecular weight excluding hydrogens is 566 g/mol. The van der Waals surface area contributed by atoms with Gasteiger partial charge in [0.2, 0.25) is 15.9 Å². The van der Waals surface area contributed by atoms with Crippen molar-refractivity contribution in [3.05, 3.63) is 82.3 Å². The van der Waals surface area contributed by atoms with Gasteiger partial charge in [0, 0.05) is 20.9 Å². The molecule has 180 valence electrons. The molecule has 0 aliphatic heterocycles. The highest BCUT2D eigenvalue weighted by Crippen LogP contribution is 2.24. The zero-order chi connectivity index (χ0) is 25.1. The largest absolute Gasteiger partial charge is 0.324 e. The van der Waals surface area contributed by atoms with E-state index >= 15 is 0 Å². The molecule has 0 aromatic heterocycles. The van der Waals surface area contributed by atoms with Gasteiger partial charge in [0.15, 0.2) is 0 Å². The molecule has 1 amide bonds. The van der Waals surface area contributed by atoms with Gasteiger partial charge in [0.05, 0.1) is 16.8 Å². The van der Waals surface area contributed by atoms with Crippen molar-refractivity contribution >= 4 is 70.5 Å². The van der Waals surface area contributed by atoms with Gasteiger partial charge in [-0.1, -0.05) is 27.5 Å². The first-order valence-corrected chi connectivity index (χ1v) is 14.3. The molecule has 0 bridgehead atoms. The third-order valence-corrected chi connectivity index (χ3v) is 8.12. The number of carbonyl (C=O) groups is 1. The number of nitrogens with one attached hydrogen (secondary N) is 2. The van der Waals surface area contributed by atoms with Crippen LogP contribution in [0.15, 0.2) is 82.2 Å². The Kier molecular flexibility index (Phi) is 7.91. The van der Waals surface area contributed by atoms with Crippen LogP contribution >= 0.6 is 27.5 Å². The summed E-state index contributed by atoms with van der Waals surface area (Å²) in [5.41, 5.74) is 0.997. The van der Waals surface area contributed by atoms with Crippen molar-refractivity contribution < 1.29 is 21.6 Å². The predicted molar refractivity (Wildman–Crippen MR) is 138 cm³/mol. The molecule has 0 heterocycles. The van der Waals surface area contributed by atoms with Gasteiger partial charge in [-0.25, -0.2) is 16.8 Å². The number of benzene rings is 3. The maximum Gasteiger partial charge on any atom is 0.261 e. The molecule has 0 saturated heterocycles. The van der Waals surface area contributed by atoms with E-state index in [9.17, 15) is 21.6 Å². The summed E-state index contributed by atoms with van der Waals surface area (Å²) in [4.78, 5) is 12.8. The molecule has 3 aromatic carbocycles. The molecule has 2 N–H and O–H groups in total. The quantitative estimate of drug-likeness (QED) is 0.397. The third-order valence-electron chi connectivity index (χ3n) is 4.70. The summed E-state index contributed by atoms with van der Waals surface area (Å²) < 4.78 is 54.3. The van der Waals surface area contributed by atoms with Gasteiger partial charge in [0.1, 0.15) is 6.04 Å². The molecule has 34 heavy (non-hydrogen) atoms. The van der Waals surface area contributed by atoms with Crippen molar-refractivity contribution in [3.8, 4) is 0 Å². The van der Waals surface area contributed by atoms with Crippen LogP contribution in [0.5, 0.6) is 0 Å². The smallest absolute Gasteiger partial charge is 0.261 e. The van der Waals surface area contributed by atoms with Gasteiger partial charge in [0.25, 0.3) is 10.0 Å². The van der Waals surface area contributed by atoms with Crippen molar-refractivity contribution in [1.82, 2.24) is 0 Å². The molecule has 12 heteroatoms. The summed E-state index contributed by atoms with van der Waals surface area (Å²) >= 11 is 9.17. The van der Waals surface area contributed by atoms with Gasteiger partial charge in [-0.3, -0.25) is 13.8 Å². The first-order valence-electron chi connectivity index (χ1n) is 9.81. The SMILES string of the molecule is C[C@@H](C(=O)Nc1ccc(S(=O)(=O)Nc2ccc(Br)cc2)cc1)N(c1ccc(Cl)cc1)S(C)(=O)=O. The molecule has 0 radical (unpaired) electrons. The molecule has 0 aliphatic rings. The van der Waals surface area contributed by atoms with Gasteiger partial charge in [-0.2, -0.15) is 0 Å². The monoisotopic (exact) mass is 585 g/mol. The van der Waals surface area contributed by atoms with E-state index in [2.05, 4.69) is 26.0 Å². The van der Waals surface area contributed by atoms with E-state index in [1.807, 2.05) is 0 Å². The van der Waals surface area contributed by atoms with Crippen LogP contribution in [0, 0.1) is 0 Å². The van der Waals surface area contributed by atoms with Crippen LogP contribution in [0.4, 0.5) is 17.1 Å². The van der Waals surface area contributed by atoms with Crippen molar-refractivity contribution in [3.63, 3.8) is 0 Å². The highest BCUT2D eigenvalue weighted by molar-refractivity contribution is 9.10. The van der Waals surface area contributed by atoms with E-state index < -0.39 is 32.0 Å². The standard InChI is InChI=1S/C22H21BrClN3O5S2/c1-15(27(33(2,29)30)20-11-5-17(24)6-12-20)22(28)25-18-9-13-21(14-10-18)34(31,32)26-19-7-3-16(23)4-8-19/h3-15,26H,1-2H3,(H,25,28)/t15-/m0/s1. The second-order valence-electron chi connectivity index (χ2n) is 7.34. The number of halogens is 2. The van der Waals surface area contributed by atoms with Crippen molar-refractivity contribution in [1.29, 1.82) is 0 Å². The maximum atomic E-state index is 12.8. The van der Waals surface area contributed by atoms with E-state index in [-0.39, 0.29) is 10.6 Å². The zero-order valence-electron chi connectivity index (χ0n) is 18.1. The van der Waals surface area contributed by atoms with E-state index in [1.165, 1.54) is 55.5 Å². The van der Waals surface area contributed by atoms with Crippen LogP contribution in [0.3, 0.4) is 0 Å². The summed E-state index contributed by atoms with van der Waals surface area (Å²) in [5.74, 6) is -0.594. The Morgan fingerprint density at radius 2 is 1.41 bits per heavy atom. The third kappa shape index (κ3) is 6.50. The summed E-state index contributed by atoms with van der Waals surface area (Å²) in [6, 6.07) is 17.2. The van der Waals surface area contributed by atoms with E-state index in [0.29, 0.717) is 16.4 Å². The maximum absolute atomic E-state index is 12.8. The van der Waals surface area contributed by atoms with Crippen molar-refractivity contribution in [2.45, 2.75) is 17.9 Å². The van der Waals surface area contributed by atoms with Gasteiger partial charge in [-0.15, -0.1) is 0 Å². The summed E-state index contributed by atoms with van der Waals surface area (Å²) in [6.45, 7) is 1.45. The lowest BCUT2D eigenvalue weighted by molar-refractivity contribution is -0.116. The lowest BCUT2D eigenvalue weighted by atomic mass is 10.2. The molecule has 3 rings (SSSR count). The summed E-state index contributed by atoms with van der Waals surface area (Å²) in [6.07, 6.45) is 1.00. The number of nitrogens with zero attached hydrogens (tertiary/aromatic N) is 1. The molecule has 0 fully saturated rings. The Morgan fingerprint density at radius 3 is 1.94 bits per heavy atom.